The van der Waals surface area contributed by atoms with E-state index >= 15 is 0 Å². The number of nitrogens with two attached hydrogens (primary N) is 1. The topological polar surface area (TPSA) is 87.4 Å². The maximum Gasteiger partial charge on any atom is 0.159 e. The third kappa shape index (κ3) is 3.88. The van der Waals surface area contributed by atoms with Crippen LogP contribution in [0.1, 0.15) is 24.2 Å². The van der Waals surface area contributed by atoms with Crippen LogP contribution in [0, 0.1) is 0 Å². The Morgan fingerprint density at radius 1 is 1.24 bits per heavy atom. The minimum Gasteiger partial charge on any atom is -0.393 e. The summed E-state index contributed by atoms with van der Waals surface area (Å²) < 4.78 is 0. The van der Waals surface area contributed by atoms with E-state index in [0.717, 1.165) is 44.2 Å². The standard InChI is InChI=1S/C18H24N6O/c1-3-23-7-9-24(10-8-23)18-16(19)17(20-12-21-18)22-15-6-4-5-14(11-15)13(2)25/h4-6,11-12H,3,7-10,19H2,1-2H3,(H,20,21,22). The summed E-state index contributed by atoms with van der Waals surface area (Å²) in [5.74, 6) is 1.34. The maximum absolute atomic E-state index is 11.5. The van der Waals surface area contributed by atoms with E-state index in [-0.39, 0.29) is 5.78 Å². The zero-order chi connectivity index (χ0) is 17.8. The van der Waals surface area contributed by atoms with E-state index in [1.165, 1.54) is 6.33 Å². The van der Waals surface area contributed by atoms with Crippen molar-refractivity contribution >= 4 is 28.8 Å². The van der Waals surface area contributed by atoms with Gasteiger partial charge in [0, 0.05) is 37.4 Å². The highest BCUT2D eigenvalue weighted by molar-refractivity contribution is 5.95. The van der Waals surface area contributed by atoms with Crippen molar-refractivity contribution in [2.75, 3.05) is 48.7 Å². The molecule has 7 nitrogen and oxygen atoms in total. The number of ketones is 1. The molecule has 0 bridgehead atoms. The highest BCUT2D eigenvalue weighted by Gasteiger charge is 2.20. The molecule has 1 fully saturated rings. The van der Waals surface area contributed by atoms with Crippen LogP contribution >= 0.6 is 0 Å². The Bertz CT molecular complexity index is 755. The second-order valence-corrected chi connectivity index (χ2v) is 6.14. The van der Waals surface area contributed by atoms with Crippen LogP contribution in [-0.2, 0) is 0 Å². The van der Waals surface area contributed by atoms with E-state index < -0.39 is 0 Å². The number of piperazine rings is 1. The van der Waals surface area contributed by atoms with Crippen LogP contribution < -0.4 is 16.0 Å². The molecule has 25 heavy (non-hydrogen) atoms. The largest absolute Gasteiger partial charge is 0.393 e. The SMILES string of the molecule is CCN1CCN(c2ncnc(Nc3cccc(C(C)=O)c3)c2N)CC1. The van der Waals surface area contributed by atoms with Gasteiger partial charge in [0.1, 0.15) is 12.0 Å². The molecule has 0 unspecified atom stereocenters. The molecular weight excluding hydrogens is 316 g/mol. The molecule has 0 spiro atoms. The van der Waals surface area contributed by atoms with Gasteiger partial charge >= 0.3 is 0 Å². The smallest absolute Gasteiger partial charge is 0.159 e. The lowest BCUT2D eigenvalue weighted by atomic mass is 10.1. The Labute approximate surface area is 147 Å². The molecule has 3 N–H and O–H groups in total. The summed E-state index contributed by atoms with van der Waals surface area (Å²) in [5, 5.41) is 3.20. The molecule has 0 aliphatic carbocycles. The number of carbonyl (C=O) groups excluding carboxylic acids is 1. The average molecular weight is 340 g/mol. The Kier molecular flexibility index (Phi) is 5.14. The van der Waals surface area contributed by atoms with Crippen LogP contribution in [0.15, 0.2) is 30.6 Å². The van der Waals surface area contributed by atoms with Gasteiger partial charge in [-0.15, -0.1) is 0 Å². The highest BCUT2D eigenvalue weighted by Crippen LogP contribution is 2.29. The monoisotopic (exact) mass is 340 g/mol. The Morgan fingerprint density at radius 2 is 2.00 bits per heavy atom. The lowest BCUT2D eigenvalue weighted by Gasteiger charge is -2.35. The van der Waals surface area contributed by atoms with Gasteiger partial charge in [-0.3, -0.25) is 4.79 Å². The summed E-state index contributed by atoms with van der Waals surface area (Å²) in [7, 11) is 0. The fourth-order valence-corrected chi connectivity index (χ4v) is 2.97. The fraction of sp³-hybridized carbons (Fsp3) is 0.389. The second kappa shape index (κ2) is 7.48. The lowest BCUT2D eigenvalue weighted by molar-refractivity contribution is 0.101. The second-order valence-electron chi connectivity index (χ2n) is 6.14. The van der Waals surface area contributed by atoms with Gasteiger partial charge in [0.05, 0.1) is 0 Å². The van der Waals surface area contributed by atoms with Gasteiger partial charge in [0.2, 0.25) is 0 Å². The van der Waals surface area contributed by atoms with E-state index in [2.05, 4.69) is 32.0 Å². The lowest BCUT2D eigenvalue weighted by Crippen LogP contribution is -2.46. The van der Waals surface area contributed by atoms with Gasteiger partial charge in [-0.25, -0.2) is 9.97 Å². The van der Waals surface area contributed by atoms with Crippen LogP contribution in [0.2, 0.25) is 0 Å². The zero-order valence-electron chi connectivity index (χ0n) is 14.7. The molecule has 0 saturated carbocycles. The predicted molar refractivity (Wildman–Crippen MR) is 101 cm³/mol. The van der Waals surface area contributed by atoms with Gasteiger partial charge in [-0.2, -0.15) is 0 Å². The number of carbonyl (C=O) groups is 1. The third-order valence-corrected chi connectivity index (χ3v) is 4.51. The summed E-state index contributed by atoms with van der Waals surface area (Å²) in [5.41, 5.74) is 8.27. The summed E-state index contributed by atoms with van der Waals surface area (Å²) >= 11 is 0. The molecule has 0 atom stereocenters. The summed E-state index contributed by atoms with van der Waals surface area (Å²) in [6.45, 7) is 8.58. The normalized spacial score (nSPS) is 15.2. The van der Waals surface area contributed by atoms with Gasteiger partial charge in [-0.1, -0.05) is 19.1 Å². The number of nitrogens with one attached hydrogen (secondary N) is 1. The number of nitrogen functional groups attached to an aromatic ring is 1. The summed E-state index contributed by atoms with van der Waals surface area (Å²) in [6.07, 6.45) is 1.52. The number of likely N-dealkylation sites (N-methyl/N-ethyl adjacent to an activating group) is 1. The molecular formula is C18H24N6O. The van der Waals surface area contributed by atoms with Crippen LogP contribution in [0.5, 0.6) is 0 Å². The quantitative estimate of drug-likeness (QED) is 0.806. The van der Waals surface area contributed by atoms with Crippen molar-refractivity contribution in [1.29, 1.82) is 0 Å². The van der Waals surface area contributed by atoms with Gasteiger partial charge in [0.25, 0.3) is 0 Å². The van der Waals surface area contributed by atoms with E-state index in [0.29, 0.717) is 17.1 Å². The first-order valence-corrected chi connectivity index (χ1v) is 8.54. The number of Topliss-reactive ketones (excluding diaryl/α,β-unsaturated/α-hetero) is 1. The molecule has 1 aromatic carbocycles. The van der Waals surface area contributed by atoms with Crippen molar-refractivity contribution < 1.29 is 4.79 Å². The zero-order valence-corrected chi connectivity index (χ0v) is 14.7. The van der Waals surface area contributed by atoms with E-state index in [1.807, 2.05) is 12.1 Å². The molecule has 1 aromatic heterocycles. The van der Waals surface area contributed by atoms with Crippen molar-refractivity contribution in [2.24, 2.45) is 0 Å². The van der Waals surface area contributed by atoms with Gasteiger partial charge in [-0.05, 0) is 25.6 Å². The molecule has 1 aliphatic heterocycles. The summed E-state index contributed by atoms with van der Waals surface area (Å²) in [6, 6.07) is 7.30. The maximum atomic E-state index is 11.5. The Hall–Kier alpha value is -2.67. The third-order valence-electron chi connectivity index (χ3n) is 4.51. The molecule has 132 valence electrons. The minimum absolute atomic E-state index is 0.0220. The Morgan fingerprint density at radius 3 is 2.68 bits per heavy atom. The van der Waals surface area contributed by atoms with Crippen LogP contribution in [-0.4, -0.2) is 53.4 Å². The number of anilines is 4. The minimum atomic E-state index is 0.0220. The van der Waals surface area contributed by atoms with Gasteiger partial charge in [0.15, 0.2) is 17.4 Å². The van der Waals surface area contributed by atoms with E-state index in [1.54, 1.807) is 19.1 Å². The molecule has 2 heterocycles. The first-order valence-electron chi connectivity index (χ1n) is 8.54. The van der Waals surface area contributed by atoms with Crippen molar-refractivity contribution in [3.05, 3.63) is 36.2 Å². The molecule has 0 amide bonds. The van der Waals surface area contributed by atoms with Crippen LogP contribution in [0.3, 0.4) is 0 Å². The fourth-order valence-electron chi connectivity index (χ4n) is 2.97. The first kappa shape index (κ1) is 17.2. The number of aromatic nitrogens is 2. The molecule has 0 radical (unpaired) electrons. The predicted octanol–water partition coefficient (Wildman–Crippen LogP) is 2.15. The molecule has 1 aliphatic rings. The number of benzene rings is 1. The average Bonchev–Trinajstić information content (AvgIpc) is 2.64. The van der Waals surface area contributed by atoms with Crippen LogP contribution in [0.25, 0.3) is 0 Å². The molecule has 7 heteroatoms. The van der Waals surface area contributed by atoms with Crippen molar-refractivity contribution in [3.63, 3.8) is 0 Å². The van der Waals surface area contributed by atoms with Gasteiger partial charge < -0.3 is 20.9 Å². The highest BCUT2D eigenvalue weighted by atomic mass is 16.1. The molecule has 3 rings (SSSR count). The van der Waals surface area contributed by atoms with E-state index in [4.69, 9.17) is 5.73 Å². The van der Waals surface area contributed by atoms with Crippen molar-refractivity contribution in [2.45, 2.75) is 13.8 Å². The Balaban J connectivity index is 1.80. The number of hydrogen-bond acceptors (Lipinski definition) is 7. The number of nitrogens with zero attached hydrogens (tertiary/aromatic N) is 4. The van der Waals surface area contributed by atoms with Crippen molar-refractivity contribution in [3.8, 4) is 0 Å². The number of rotatable bonds is 5. The number of hydrogen-bond donors (Lipinski definition) is 2. The van der Waals surface area contributed by atoms with Crippen LogP contribution in [0.4, 0.5) is 23.0 Å². The molecule has 2 aromatic rings. The van der Waals surface area contributed by atoms with Crippen molar-refractivity contribution in [1.82, 2.24) is 14.9 Å². The van der Waals surface area contributed by atoms with E-state index in [9.17, 15) is 4.79 Å². The molecule has 1 saturated heterocycles. The summed E-state index contributed by atoms with van der Waals surface area (Å²) in [4.78, 5) is 24.8. The first-order chi connectivity index (χ1) is 12.1.